The van der Waals surface area contributed by atoms with E-state index in [1.165, 1.54) is 0 Å². The first-order chi connectivity index (χ1) is 7.99. The van der Waals surface area contributed by atoms with E-state index in [9.17, 15) is 8.42 Å². The van der Waals surface area contributed by atoms with E-state index < -0.39 is 10.0 Å². The summed E-state index contributed by atoms with van der Waals surface area (Å²) in [6.07, 6.45) is 6.28. The fourth-order valence-corrected chi connectivity index (χ4v) is 2.91. The second kappa shape index (κ2) is 5.85. The molecule has 0 heterocycles. The summed E-state index contributed by atoms with van der Waals surface area (Å²) in [5.74, 6) is 2.48. The van der Waals surface area contributed by atoms with Gasteiger partial charge in [0.2, 0.25) is 10.0 Å². The average molecular weight is 251 g/mol. The molecule has 0 saturated carbocycles. The normalized spacial score (nSPS) is 13.0. The zero-order valence-electron chi connectivity index (χ0n) is 10.1. The third-order valence-electron chi connectivity index (χ3n) is 2.48. The van der Waals surface area contributed by atoms with Crippen molar-refractivity contribution in [2.45, 2.75) is 37.6 Å². The van der Waals surface area contributed by atoms with Gasteiger partial charge in [0.15, 0.2) is 0 Å². The molecule has 0 aliphatic heterocycles. The molecule has 0 spiro atoms. The fourth-order valence-electron chi connectivity index (χ4n) is 1.48. The highest BCUT2D eigenvalue weighted by atomic mass is 32.2. The predicted octanol–water partition coefficient (Wildman–Crippen LogP) is 2.08. The van der Waals surface area contributed by atoms with Crippen molar-refractivity contribution in [3.05, 3.63) is 29.8 Å². The zero-order valence-corrected chi connectivity index (χ0v) is 10.9. The molecule has 0 saturated heterocycles. The Morgan fingerprint density at radius 1 is 1.47 bits per heavy atom. The lowest BCUT2D eigenvalue weighted by Gasteiger charge is -2.14. The van der Waals surface area contributed by atoms with Gasteiger partial charge in [-0.15, -0.1) is 12.3 Å². The van der Waals surface area contributed by atoms with Crippen LogP contribution in [0.2, 0.25) is 0 Å². The Hall–Kier alpha value is -1.31. The minimum atomic E-state index is -3.46. The molecule has 1 atom stereocenters. The molecular formula is C13H17NO2S. The van der Waals surface area contributed by atoms with Gasteiger partial charge in [0.05, 0.1) is 4.90 Å². The van der Waals surface area contributed by atoms with Crippen molar-refractivity contribution >= 4 is 10.0 Å². The van der Waals surface area contributed by atoms with E-state index >= 15 is 0 Å². The van der Waals surface area contributed by atoms with Crippen LogP contribution in [0.25, 0.3) is 0 Å². The van der Waals surface area contributed by atoms with Gasteiger partial charge >= 0.3 is 0 Å². The van der Waals surface area contributed by atoms with Gasteiger partial charge in [-0.3, -0.25) is 0 Å². The first kappa shape index (κ1) is 13.8. The molecule has 1 rings (SSSR count). The Labute approximate surface area is 103 Å². The first-order valence-electron chi connectivity index (χ1n) is 5.52. The smallest absolute Gasteiger partial charge is 0.207 e. The molecule has 1 aromatic rings. The van der Waals surface area contributed by atoms with E-state index in [0.717, 1.165) is 5.56 Å². The van der Waals surface area contributed by atoms with Crippen molar-refractivity contribution in [2.75, 3.05) is 0 Å². The van der Waals surface area contributed by atoms with Crippen molar-refractivity contribution in [3.8, 4) is 12.3 Å². The number of sulfonamides is 1. The number of aryl methyl sites for hydroxylation is 1. The molecule has 1 unspecified atom stereocenters. The van der Waals surface area contributed by atoms with E-state index in [2.05, 4.69) is 10.6 Å². The summed E-state index contributed by atoms with van der Waals surface area (Å²) in [6, 6.07) is 6.61. The summed E-state index contributed by atoms with van der Waals surface area (Å²) < 4.78 is 26.7. The first-order valence-corrected chi connectivity index (χ1v) is 7.00. The molecule has 17 heavy (non-hydrogen) atoms. The Kier molecular flexibility index (Phi) is 4.73. The van der Waals surface area contributed by atoms with E-state index in [1.54, 1.807) is 18.2 Å². The van der Waals surface area contributed by atoms with Gasteiger partial charge in [0.25, 0.3) is 0 Å². The van der Waals surface area contributed by atoms with Crippen LogP contribution < -0.4 is 4.72 Å². The lowest BCUT2D eigenvalue weighted by molar-refractivity contribution is 0.544. The Bertz CT molecular complexity index is 514. The van der Waals surface area contributed by atoms with E-state index in [-0.39, 0.29) is 10.9 Å². The third kappa shape index (κ3) is 3.88. The third-order valence-corrected chi connectivity index (χ3v) is 4.00. The molecule has 0 bridgehead atoms. The molecule has 4 heteroatoms. The van der Waals surface area contributed by atoms with Crippen LogP contribution in [-0.4, -0.2) is 14.5 Å². The number of hydrogen-bond donors (Lipinski definition) is 1. The maximum absolute atomic E-state index is 12.0. The number of hydrogen-bond acceptors (Lipinski definition) is 2. The maximum Gasteiger partial charge on any atom is 0.240 e. The number of nitrogens with one attached hydrogen (secondary N) is 1. The van der Waals surface area contributed by atoms with Crippen LogP contribution in [0.5, 0.6) is 0 Å². The highest BCUT2D eigenvalue weighted by Crippen LogP contribution is 2.12. The molecule has 1 aromatic carbocycles. The largest absolute Gasteiger partial charge is 0.240 e. The van der Waals surface area contributed by atoms with Gasteiger partial charge in [-0.05, 0) is 31.0 Å². The zero-order chi connectivity index (χ0) is 12.9. The molecule has 3 nitrogen and oxygen atoms in total. The Morgan fingerprint density at radius 2 is 2.18 bits per heavy atom. The number of terminal acetylenes is 1. The SMILES string of the molecule is C#CCC(CC)NS(=O)(=O)c1cccc(C)c1. The van der Waals surface area contributed by atoms with Gasteiger partial charge in [0.1, 0.15) is 0 Å². The lowest BCUT2D eigenvalue weighted by atomic mass is 10.2. The van der Waals surface area contributed by atoms with Crippen LogP contribution in [0.3, 0.4) is 0 Å². The standard InChI is InChI=1S/C13H17NO2S/c1-4-7-12(5-2)14-17(15,16)13-9-6-8-11(3)10-13/h1,6,8-10,12,14H,5,7H2,2-3H3. The summed E-state index contributed by atoms with van der Waals surface area (Å²) in [4.78, 5) is 0.285. The topological polar surface area (TPSA) is 46.2 Å². The summed E-state index contributed by atoms with van der Waals surface area (Å²) >= 11 is 0. The minimum absolute atomic E-state index is 0.203. The summed E-state index contributed by atoms with van der Waals surface area (Å²) in [6.45, 7) is 3.76. The lowest BCUT2D eigenvalue weighted by Crippen LogP contribution is -2.34. The molecule has 92 valence electrons. The molecule has 0 fully saturated rings. The monoisotopic (exact) mass is 251 g/mol. The fraction of sp³-hybridized carbons (Fsp3) is 0.385. The van der Waals surface area contributed by atoms with Crippen LogP contribution >= 0.6 is 0 Å². The van der Waals surface area contributed by atoms with Crippen LogP contribution in [0.15, 0.2) is 29.2 Å². The van der Waals surface area contributed by atoms with Crippen LogP contribution in [0, 0.1) is 19.3 Å². The highest BCUT2D eigenvalue weighted by molar-refractivity contribution is 7.89. The van der Waals surface area contributed by atoms with Gasteiger partial charge in [0, 0.05) is 12.5 Å². The molecule has 1 N–H and O–H groups in total. The number of rotatable bonds is 5. The highest BCUT2D eigenvalue weighted by Gasteiger charge is 2.18. The van der Waals surface area contributed by atoms with Gasteiger partial charge in [-0.2, -0.15) is 0 Å². The molecule has 0 aliphatic carbocycles. The van der Waals surface area contributed by atoms with Gasteiger partial charge < -0.3 is 0 Å². The number of benzene rings is 1. The molecule has 0 aliphatic rings. The predicted molar refractivity (Wildman–Crippen MR) is 69.0 cm³/mol. The van der Waals surface area contributed by atoms with Crippen molar-refractivity contribution in [1.82, 2.24) is 4.72 Å². The average Bonchev–Trinajstić information content (AvgIpc) is 2.28. The van der Waals surface area contributed by atoms with E-state index in [1.807, 2.05) is 19.9 Å². The van der Waals surface area contributed by atoms with Crippen molar-refractivity contribution in [1.29, 1.82) is 0 Å². The van der Waals surface area contributed by atoms with Crippen LogP contribution in [0.1, 0.15) is 25.3 Å². The molecular weight excluding hydrogens is 234 g/mol. The van der Waals surface area contributed by atoms with Crippen molar-refractivity contribution < 1.29 is 8.42 Å². The van der Waals surface area contributed by atoms with Crippen molar-refractivity contribution in [2.24, 2.45) is 0 Å². The molecule has 0 radical (unpaired) electrons. The quantitative estimate of drug-likeness (QED) is 0.814. The van der Waals surface area contributed by atoms with E-state index in [4.69, 9.17) is 6.42 Å². The summed E-state index contributed by atoms with van der Waals surface area (Å²) in [7, 11) is -3.46. The molecule has 0 amide bonds. The van der Waals surface area contributed by atoms with Gasteiger partial charge in [-0.25, -0.2) is 13.1 Å². The summed E-state index contributed by atoms with van der Waals surface area (Å²) in [5, 5.41) is 0. The maximum atomic E-state index is 12.0. The minimum Gasteiger partial charge on any atom is -0.207 e. The summed E-state index contributed by atoms with van der Waals surface area (Å²) in [5.41, 5.74) is 0.915. The second-order valence-corrected chi connectivity index (χ2v) is 5.67. The second-order valence-electron chi connectivity index (χ2n) is 3.95. The molecule has 0 aromatic heterocycles. The van der Waals surface area contributed by atoms with E-state index in [0.29, 0.717) is 12.8 Å². The van der Waals surface area contributed by atoms with Gasteiger partial charge in [-0.1, -0.05) is 19.1 Å². The Morgan fingerprint density at radius 3 is 2.71 bits per heavy atom. The van der Waals surface area contributed by atoms with Crippen molar-refractivity contribution in [3.63, 3.8) is 0 Å². The van der Waals surface area contributed by atoms with Crippen LogP contribution in [-0.2, 0) is 10.0 Å². The Balaban J connectivity index is 2.93. The van der Waals surface area contributed by atoms with Crippen LogP contribution in [0.4, 0.5) is 0 Å².